The molecule has 0 radical (unpaired) electrons. The molecule has 1 aromatic heterocycles. The number of rotatable bonds is 6. The molecule has 1 heterocycles. The molecule has 136 valence electrons. The Balaban J connectivity index is 1.38. The van der Waals surface area contributed by atoms with Gasteiger partial charge < -0.3 is 10.3 Å². The zero-order valence-corrected chi connectivity index (χ0v) is 16.3. The van der Waals surface area contributed by atoms with Gasteiger partial charge in [-0.3, -0.25) is 0 Å². The Kier molecular flexibility index (Phi) is 5.44. The first-order valence-electron chi connectivity index (χ1n) is 8.99. The van der Waals surface area contributed by atoms with Crippen molar-refractivity contribution >= 4 is 34.2 Å². The van der Waals surface area contributed by atoms with E-state index in [2.05, 4.69) is 15.3 Å². The van der Waals surface area contributed by atoms with E-state index >= 15 is 0 Å². The van der Waals surface area contributed by atoms with E-state index < -0.39 is 0 Å². The van der Waals surface area contributed by atoms with Crippen LogP contribution in [0.25, 0.3) is 22.2 Å². The largest absolute Gasteiger partial charge is 0.342 e. The van der Waals surface area contributed by atoms with E-state index in [0.717, 1.165) is 53.1 Å². The number of nitrogens with two attached hydrogens (primary N) is 1. The molecule has 0 aliphatic heterocycles. The number of hydrogen-bond acceptors (Lipinski definition) is 1. The highest BCUT2D eigenvalue weighted by atomic mass is 35.5. The van der Waals surface area contributed by atoms with Gasteiger partial charge in [-0.2, -0.15) is 0 Å². The summed E-state index contributed by atoms with van der Waals surface area (Å²) in [5.41, 5.74) is 5.15. The van der Waals surface area contributed by atoms with Crippen molar-refractivity contribution < 1.29 is 5.32 Å². The van der Waals surface area contributed by atoms with Gasteiger partial charge in [-0.15, -0.1) is 0 Å². The lowest BCUT2D eigenvalue weighted by Crippen LogP contribution is -2.83. The molecule has 0 unspecified atom stereocenters. The second-order valence-electron chi connectivity index (χ2n) is 6.53. The molecule has 0 amide bonds. The number of aromatic nitrogens is 2. The highest BCUT2D eigenvalue weighted by molar-refractivity contribution is 6.39. The Morgan fingerprint density at radius 3 is 2.33 bits per heavy atom. The van der Waals surface area contributed by atoms with Crippen LogP contribution in [0.1, 0.15) is 11.4 Å². The fraction of sp³-hybridized carbons (Fsp3) is 0.136. The molecule has 0 saturated heterocycles. The Morgan fingerprint density at radius 2 is 1.59 bits per heavy atom. The fourth-order valence-electron chi connectivity index (χ4n) is 3.26. The summed E-state index contributed by atoms with van der Waals surface area (Å²) in [5.74, 6) is 1.02. The third kappa shape index (κ3) is 4.16. The molecular formula is C22H20Cl2N3+. The van der Waals surface area contributed by atoms with Crippen LogP contribution in [0.5, 0.6) is 0 Å². The van der Waals surface area contributed by atoms with Gasteiger partial charge in [0.2, 0.25) is 0 Å². The number of quaternary nitrogens is 1. The van der Waals surface area contributed by atoms with Crippen LogP contribution in [-0.2, 0) is 13.0 Å². The van der Waals surface area contributed by atoms with Crippen molar-refractivity contribution in [2.24, 2.45) is 0 Å². The van der Waals surface area contributed by atoms with Crippen LogP contribution in [0, 0.1) is 0 Å². The maximum absolute atomic E-state index is 6.51. The molecule has 3 aromatic carbocycles. The van der Waals surface area contributed by atoms with Crippen molar-refractivity contribution in [2.75, 3.05) is 6.54 Å². The van der Waals surface area contributed by atoms with E-state index in [1.807, 2.05) is 66.7 Å². The van der Waals surface area contributed by atoms with Gasteiger partial charge in [-0.25, -0.2) is 4.98 Å². The van der Waals surface area contributed by atoms with E-state index in [0.29, 0.717) is 10.0 Å². The van der Waals surface area contributed by atoms with E-state index in [9.17, 15) is 0 Å². The van der Waals surface area contributed by atoms with E-state index in [-0.39, 0.29) is 0 Å². The highest BCUT2D eigenvalue weighted by Crippen LogP contribution is 2.35. The Bertz CT molecular complexity index is 1000. The number of H-pyrrole nitrogens is 1. The number of benzene rings is 3. The van der Waals surface area contributed by atoms with E-state index in [4.69, 9.17) is 23.2 Å². The highest BCUT2D eigenvalue weighted by Gasteiger charge is 2.11. The molecule has 3 N–H and O–H groups in total. The predicted octanol–water partition coefficient (Wildman–Crippen LogP) is 4.84. The lowest BCUT2D eigenvalue weighted by Gasteiger charge is -2.10. The minimum Gasteiger partial charge on any atom is -0.342 e. The Hall–Kier alpha value is -2.33. The molecule has 3 nitrogen and oxygen atoms in total. The van der Waals surface area contributed by atoms with E-state index in [1.54, 1.807) is 0 Å². The van der Waals surface area contributed by atoms with Crippen molar-refractivity contribution in [3.8, 4) is 11.1 Å². The minimum absolute atomic E-state index is 0.689. The van der Waals surface area contributed by atoms with Gasteiger partial charge in [0.05, 0.1) is 34.0 Å². The van der Waals surface area contributed by atoms with Crippen molar-refractivity contribution in [3.05, 3.63) is 88.2 Å². The molecule has 0 saturated carbocycles. The topological polar surface area (TPSA) is 45.3 Å². The molecule has 5 heteroatoms. The Labute approximate surface area is 168 Å². The monoisotopic (exact) mass is 396 g/mol. The smallest absolute Gasteiger partial charge is 0.112 e. The number of nitrogens with one attached hydrogen (secondary N) is 1. The molecule has 27 heavy (non-hydrogen) atoms. The van der Waals surface area contributed by atoms with Crippen LogP contribution in [0.2, 0.25) is 10.0 Å². The van der Waals surface area contributed by atoms with Crippen LogP contribution in [0.3, 0.4) is 0 Å². The van der Waals surface area contributed by atoms with Crippen molar-refractivity contribution in [1.29, 1.82) is 0 Å². The molecule has 0 aliphatic rings. The van der Waals surface area contributed by atoms with Crippen molar-refractivity contribution in [2.45, 2.75) is 13.0 Å². The molecule has 0 atom stereocenters. The quantitative estimate of drug-likeness (QED) is 0.449. The molecule has 0 aliphatic carbocycles. The summed E-state index contributed by atoms with van der Waals surface area (Å²) in [6.07, 6.45) is 0.887. The number of halogens is 2. The second-order valence-corrected chi connectivity index (χ2v) is 7.35. The van der Waals surface area contributed by atoms with Crippen LogP contribution in [0.4, 0.5) is 0 Å². The van der Waals surface area contributed by atoms with Gasteiger partial charge in [0.1, 0.15) is 12.4 Å². The maximum atomic E-state index is 6.51. The average molecular weight is 397 g/mol. The summed E-state index contributed by atoms with van der Waals surface area (Å²) >= 11 is 13.0. The van der Waals surface area contributed by atoms with Gasteiger partial charge in [-0.05, 0) is 29.8 Å². The van der Waals surface area contributed by atoms with Crippen LogP contribution in [-0.4, -0.2) is 16.5 Å². The first kappa shape index (κ1) is 18.1. The summed E-state index contributed by atoms with van der Waals surface area (Å²) < 4.78 is 0. The van der Waals surface area contributed by atoms with Crippen LogP contribution >= 0.6 is 23.2 Å². The lowest BCUT2D eigenvalue weighted by atomic mass is 10.0. The minimum atomic E-state index is 0.689. The molecule has 0 bridgehead atoms. The molecule has 0 fully saturated rings. The number of imidazole rings is 1. The normalized spacial score (nSPS) is 11.2. The maximum Gasteiger partial charge on any atom is 0.112 e. The number of aromatic amines is 1. The number of para-hydroxylation sites is 2. The lowest BCUT2D eigenvalue weighted by molar-refractivity contribution is -0.670. The Morgan fingerprint density at radius 1 is 0.889 bits per heavy atom. The molecule has 4 aromatic rings. The zero-order chi connectivity index (χ0) is 18.6. The predicted molar refractivity (Wildman–Crippen MR) is 112 cm³/mol. The van der Waals surface area contributed by atoms with Gasteiger partial charge in [0.15, 0.2) is 0 Å². The van der Waals surface area contributed by atoms with Gasteiger partial charge in [0, 0.05) is 11.1 Å². The fourth-order valence-corrected chi connectivity index (χ4v) is 4.01. The van der Waals surface area contributed by atoms with Crippen LogP contribution in [0.15, 0.2) is 66.7 Å². The first-order valence-corrected chi connectivity index (χ1v) is 9.75. The van der Waals surface area contributed by atoms with Gasteiger partial charge >= 0.3 is 0 Å². The average Bonchev–Trinajstić information content (AvgIpc) is 3.08. The summed E-state index contributed by atoms with van der Waals surface area (Å²) in [6, 6.07) is 22.1. The van der Waals surface area contributed by atoms with Crippen molar-refractivity contribution in [3.63, 3.8) is 0 Å². The SMILES string of the molecule is Clc1cc(C[NH2+]CCc2nc3ccccc3[nH]2)cc(Cl)c1-c1ccccc1. The third-order valence-electron chi connectivity index (χ3n) is 4.57. The van der Waals surface area contributed by atoms with Crippen molar-refractivity contribution in [1.82, 2.24) is 9.97 Å². The van der Waals surface area contributed by atoms with Gasteiger partial charge in [0.25, 0.3) is 0 Å². The second kappa shape index (κ2) is 8.13. The van der Waals surface area contributed by atoms with Gasteiger partial charge in [-0.1, -0.05) is 65.7 Å². The third-order valence-corrected chi connectivity index (χ3v) is 5.16. The number of fused-ring (bicyclic) bond motifs is 1. The molecule has 0 spiro atoms. The summed E-state index contributed by atoms with van der Waals surface area (Å²) in [4.78, 5) is 7.98. The van der Waals surface area contributed by atoms with E-state index in [1.165, 1.54) is 0 Å². The standard InChI is InChI=1S/C22H19Cl2N3/c23-17-12-15(13-18(24)22(17)16-6-2-1-3-7-16)14-25-11-10-21-26-19-8-4-5-9-20(19)27-21/h1-9,12-13,25H,10-11,14H2,(H,26,27)/p+1. The summed E-state index contributed by atoms with van der Waals surface area (Å²) in [7, 11) is 0. The zero-order valence-electron chi connectivity index (χ0n) is 14.8. The molecule has 4 rings (SSSR count). The van der Waals surface area contributed by atoms with Crippen LogP contribution < -0.4 is 5.32 Å². The molecular weight excluding hydrogens is 377 g/mol. The summed E-state index contributed by atoms with van der Waals surface area (Å²) in [6.45, 7) is 1.77. The summed E-state index contributed by atoms with van der Waals surface area (Å²) in [5, 5.41) is 3.63. The first-order chi connectivity index (χ1) is 13.2. The number of nitrogens with zero attached hydrogens (tertiary/aromatic N) is 1. The number of hydrogen-bond donors (Lipinski definition) is 2.